The predicted molar refractivity (Wildman–Crippen MR) is 67.9 cm³/mol. The standard InChI is InChI=1S/C9H20N2O2S2/c1-9(2,3)7(6-13-8(11)12)15-14-5-4-10/h7H,4-6,10H2,1-3H3,(H2,11,12). The number of hydrogen-bond acceptors (Lipinski definition) is 5. The van der Waals surface area contributed by atoms with Crippen molar-refractivity contribution in [2.75, 3.05) is 18.9 Å². The van der Waals surface area contributed by atoms with Gasteiger partial charge in [-0.1, -0.05) is 42.4 Å². The fourth-order valence-corrected chi connectivity index (χ4v) is 3.63. The minimum absolute atomic E-state index is 0.0711. The molecule has 0 aromatic rings. The zero-order valence-electron chi connectivity index (χ0n) is 9.49. The average molecular weight is 252 g/mol. The van der Waals surface area contributed by atoms with Crippen LogP contribution in [0.3, 0.4) is 0 Å². The molecule has 0 aromatic carbocycles. The number of ether oxygens (including phenoxy) is 1. The zero-order chi connectivity index (χ0) is 11.9. The molecule has 1 amide bonds. The molecular weight excluding hydrogens is 232 g/mol. The number of nitrogens with two attached hydrogens (primary N) is 2. The van der Waals surface area contributed by atoms with Gasteiger partial charge in [-0.05, 0) is 5.41 Å². The van der Waals surface area contributed by atoms with Gasteiger partial charge in [0.25, 0.3) is 0 Å². The van der Waals surface area contributed by atoms with Crippen LogP contribution in [0.1, 0.15) is 20.8 Å². The molecule has 0 aliphatic heterocycles. The van der Waals surface area contributed by atoms with E-state index in [4.69, 9.17) is 16.2 Å². The van der Waals surface area contributed by atoms with Gasteiger partial charge in [-0.15, -0.1) is 0 Å². The lowest BCUT2D eigenvalue weighted by Crippen LogP contribution is -2.30. The molecule has 4 N–H and O–H groups in total. The van der Waals surface area contributed by atoms with E-state index in [9.17, 15) is 4.79 Å². The van der Waals surface area contributed by atoms with Crippen LogP contribution < -0.4 is 11.5 Å². The summed E-state index contributed by atoms with van der Waals surface area (Å²) in [6.07, 6.45) is -0.714. The van der Waals surface area contributed by atoms with E-state index < -0.39 is 6.09 Å². The topological polar surface area (TPSA) is 78.3 Å². The summed E-state index contributed by atoms with van der Waals surface area (Å²) in [6, 6.07) is 0. The van der Waals surface area contributed by atoms with Crippen LogP contribution >= 0.6 is 21.6 Å². The van der Waals surface area contributed by atoms with E-state index in [-0.39, 0.29) is 10.7 Å². The van der Waals surface area contributed by atoms with Gasteiger partial charge in [0.15, 0.2) is 0 Å². The first-order valence-corrected chi connectivity index (χ1v) is 7.16. The highest BCUT2D eigenvalue weighted by Gasteiger charge is 2.26. The fourth-order valence-electron chi connectivity index (χ4n) is 0.758. The van der Waals surface area contributed by atoms with Crippen LogP contribution in [0.25, 0.3) is 0 Å². The van der Waals surface area contributed by atoms with E-state index in [2.05, 4.69) is 20.8 Å². The molecule has 0 spiro atoms. The van der Waals surface area contributed by atoms with Crippen LogP contribution in [0.4, 0.5) is 4.79 Å². The van der Waals surface area contributed by atoms with Gasteiger partial charge in [-0.2, -0.15) is 0 Å². The van der Waals surface area contributed by atoms with E-state index in [1.165, 1.54) is 0 Å². The molecule has 1 atom stereocenters. The molecule has 4 nitrogen and oxygen atoms in total. The molecule has 0 aliphatic carbocycles. The first-order valence-electron chi connectivity index (χ1n) is 4.78. The second kappa shape index (κ2) is 7.24. The van der Waals surface area contributed by atoms with Crippen molar-refractivity contribution in [3.05, 3.63) is 0 Å². The first-order chi connectivity index (χ1) is 6.88. The fraction of sp³-hybridized carbons (Fsp3) is 0.889. The van der Waals surface area contributed by atoms with Gasteiger partial charge in [0.05, 0.1) is 5.25 Å². The smallest absolute Gasteiger partial charge is 0.404 e. The molecule has 0 saturated heterocycles. The molecule has 0 heterocycles. The summed E-state index contributed by atoms with van der Waals surface area (Å²) in [4.78, 5) is 10.5. The first kappa shape index (κ1) is 14.9. The Morgan fingerprint density at radius 2 is 2.07 bits per heavy atom. The lowest BCUT2D eigenvalue weighted by atomic mass is 9.92. The number of hydrogen-bond donors (Lipinski definition) is 2. The molecule has 0 rings (SSSR count). The van der Waals surface area contributed by atoms with Gasteiger partial charge < -0.3 is 16.2 Å². The van der Waals surface area contributed by atoms with Crippen molar-refractivity contribution in [2.24, 2.45) is 16.9 Å². The number of primary amides is 1. The molecule has 0 aliphatic rings. The van der Waals surface area contributed by atoms with E-state index in [0.29, 0.717) is 13.2 Å². The van der Waals surface area contributed by atoms with Crippen LogP contribution in [0.2, 0.25) is 0 Å². The average Bonchev–Trinajstić information content (AvgIpc) is 2.08. The third kappa shape index (κ3) is 7.81. The SMILES string of the molecule is CC(C)(C)C(COC(N)=O)SSCCN. The van der Waals surface area contributed by atoms with Crippen molar-refractivity contribution >= 4 is 27.7 Å². The van der Waals surface area contributed by atoms with E-state index in [1.54, 1.807) is 21.6 Å². The molecule has 90 valence electrons. The van der Waals surface area contributed by atoms with Crippen LogP contribution in [0, 0.1) is 5.41 Å². The monoisotopic (exact) mass is 252 g/mol. The van der Waals surface area contributed by atoms with E-state index in [0.717, 1.165) is 5.75 Å². The molecule has 1 unspecified atom stereocenters. The maximum Gasteiger partial charge on any atom is 0.404 e. The number of amides is 1. The Morgan fingerprint density at radius 3 is 2.47 bits per heavy atom. The van der Waals surface area contributed by atoms with Gasteiger partial charge in [-0.25, -0.2) is 4.79 Å². The van der Waals surface area contributed by atoms with Crippen LogP contribution in [0.5, 0.6) is 0 Å². The van der Waals surface area contributed by atoms with E-state index in [1.807, 2.05) is 0 Å². The summed E-state index contributed by atoms with van der Waals surface area (Å²) in [5.74, 6) is 0.897. The van der Waals surface area contributed by atoms with Crippen molar-refractivity contribution in [1.82, 2.24) is 0 Å². The second-order valence-electron chi connectivity index (χ2n) is 4.19. The van der Waals surface area contributed by atoms with Crippen molar-refractivity contribution < 1.29 is 9.53 Å². The normalized spacial score (nSPS) is 13.6. The van der Waals surface area contributed by atoms with Crippen molar-refractivity contribution in [3.63, 3.8) is 0 Å². The van der Waals surface area contributed by atoms with Gasteiger partial charge in [0.2, 0.25) is 0 Å². The Morgan fingerprint density at radius 1 is 1.47 bits per heavy atom. The number of carbonyl (C=O) groups excluding carboxylic acids is 1. The lowest BCUT2D eigenvalue weighted by molar-refractivity contribution is 0.144. The Kier molecular flexibility index (Phi) is 7.21. The Balaban J connectivity index is 4.02. The number of carbonyl (C=O) groups is 1. The summed E-state index contributed by atoms with van der Waals surface area (Å²) < 4.78 is 4.83. The highest BCUT2D eigenvalue weighted by Crippen LogP contribution is 2.37. The molecule has 0 bridgehead atoms. The third-order valence-electron chi connectivity index (χ3n) is 1.73. The minimum atomic E-state index is -0.714. The Hall–Kier alpha value is -0.0700. The maximum atomic E-state index is 10.5. The maximum absolute atomic E-state index is 10.5. The number of rotatable bonds is 6. The summed E-state index contributed by atoms with van der Waals surface area (Å²) >= 11 is 0. The Labute approximate surface area is 99.3 Å². The second-order valence-corrected chi connectivity index (χ2v) is 6.88. The van der Waals surface area contributed by atoms with Crippen LogP contribution in [0.15, 0.2) is 0 Å². The zero-order valence-corrected chi connectivity index (χ0v) is 11.1. The molecule has 0 saturated carbocycles. The van der Waals surface area contributed by atoms with Gasteiger partial charge in [0.1, 0.15) is 6.61 Å². The van der Waals surface area contributed by atoms with Crippen molar-refractivity contribution in [1.29, 1.82) is 0 Å². The summed E-state index contributed by atoms with van der Waals surface area (Å²) in [7, 11) is 3.40. The summed E-state index contributed by atoms with van der Waals surface area (Å²) in [5, 5.41) is 0.224. The highest BCUT2D eigenvalue weighted by molar-refractivity contribution is 8.77. The molecule has 0 fully saturated rings. The minimum Gasteiger partial charge on any atom is -0.448 e. The Bertz CT molecular complexity index is 195. The van der Waals surface area contributed by atoms with Gasteiger partial charge >= 0.3 is 6.09 Å². The highest BCUT2D eigenvalue weighted by atomic mass is 33.1. The molecular formula is C9H20N2O2S2. The van der Waals surface area contributed by atoms with Crippen LogP contribution in [-0.2, 0) is 4.74 Å². The van der Waals surface area contributed by atoms with Crippen molar-refractivity contribution in [2.45, 2.75) is 26.0 Å². The summed E-state index contributed by atoms with van der Waals surface area (Å²) in [6.45, 7) is 7.33. The van der Waals surface area contributed by atoms with E-state index >= 15 is 0 Å². The lowest BCUT2D eigenvalue weighted by Gasteiger charge is -2.28. The molecule has 0 aromatic heterocycles. The van der Waals surface area contributed by atoms with Crippen molar-refractivity contribution in [3.8, 4) is 0 Å². The van der Waals surface area contributed by atoms with Gasteiger partial charge in [0, 0.05) is 12.3 Å². The quantitative estimate of drug-likeness (QED) is 0.557. The summed E-state index contributed by atoms with van der Waals surface area (Å²) in [5.41, 5.74) is 10.4. The molecule has 0 radical (unpaired) electrons. The molecule has 15 heavy (non-hydrogen) atoms. The van der Waals surface area contributed by atoms with Gasteiger partial charge in [-0.3, -0.25) is 0 Å². The largest absolute Gasteiger partial charge is 0.448 e. The predicted octanol–water partition coefficient (Wildman–Crippen LogP) is 1.84. The molecule has 6 heteroatoms. The third-order valence-corrected chi connectivity index (χ3v) is 4.95. The van der Waals surface area contributed by atoms with Crippen LogP contribution in [-0.4, -0.2) is 30.2 Å².